The van der Waals surface area contributed by atoms with Gasteiger partial charge in [0.15, 0.2) is 0 Å². The van der Waals surface area contributed by atoms with Gasteiger partial charge >= 0.3 is 0 Å². The number of sulfonamides is 2. The zero-order valence-corrected chi connectivity index (χ0v) is 16.0. The molecule has 1 saturated heterocycles. The molecule has 1 aliphatic heterocycles. The molecule has 0 unspecified atom stereocenters. The van der Waals surface area contributed by atoms with E-state index in [1.54, 1.807) is 27.8 Å². The molecule has 22 heavy (non-hydrogen) atoms. The van der Waals surface area contributed by atoms with Crippen LogP contribution in [0, 0.1) is 0 Å². The molecule has 0 radical (unpaired) electrons. The molecule has 0 saturated carbocycles. The Morgan fingerprint density at radius 1 is 1.09 bits per heavy atom. The predicted octanol–water partition coefficient (Wildman–Crippen LogP) is 0.0122. The van der Waals surface area contributed by atoms with E-state index in [2.05, 4.69) is 0 Å². The molecule has 1 fully saturated rings. The quantitative estimate of drug-likeness (QED) is 0.671. The SMILES string of the molecule is CN(CCN(C)S(=O)(=O)C(C)(C)C)[C@@H]1CCN(S(C)(=O)=O)C1. The largest absolute Gasteiger partial charge is 0.301 e. The molecule has 7 nitrogen and oxygen atoms in total. The van der Waals surface area contributed by atoms with Crippen LogP contribution in [-0.4, -0.2) is 87.7 Å². The van der Waals surface area contributed by atoms with E-state index < -0.39 is 24.8 Å². The number of nitrogens with zero attached hydrogens (tertiary/aromatic N) is 3. The Bertz CT molecular complexity index is 581. The summed E-state index contributed by atoms with van der Waals surface area (Å²) in [4.78, 5) is 2.04. The van der Waals surface area contributed by atoms with Crippen molar-refractivity contribution in [2.75, 3.05) is 46.5 Å². The van der Waals surface area contributed by atoms with Gasteiger partial charge in [0.1, 0.15) is 0 Å². The molecule has 1 heterocycles. The smallest absolute Gasteiger partial charge is 0.218 e. The van der Waals surface area contributed by atoms with E-state index in [4.69, 9.17) is 0 Å². The first-order chi connectivity index (χ1) is 9.76. The topological polar surface area (TPSA) is 78.0 Å². The van der Waals surface area contributed by atoms with Crippen LogP contribution in [0.4, 0.5) is 0 Å². The van der Waals surface area contributed by atoms with E-state index in [9.17, 15) is 16.8 Å². The van der Waals surface area contributed by atoms with Crippen molar-refractivity contribution in [1.29, 1.82) is 0 Å². The molecular weight excluding hydrogens is 326 g/mol. The fourth-order valence-electron chi connectivity index (χ4n) is 2.44. The highest BCUT2D eigenvalue weighted by molar-refractivity contribution is 7.90. The molecule has 0 aromatic rings. The maximum Gasteiger partial charge on any atom is 0.218 e. The van der Waals surface area contributed by atoms with Crippen molar-refractivity contribution in [2.45, 2.75) is 38.0 Å². The van der Waals surface area contributed by atoms with Crippen molar-refractivity contribution in [3.05, 3.63) is 0 Å². The second kappa shape index (κ2) is 6.72. The fourth-order valence-corrected chi connectivity index (χ4v) is 4.58. The molecule has 0 amide bonds. The lowest BCUT2D eigenvalue weighted by Crippen LogP contribution is -2.45. The summed E-state index contributed by atoms with van der Waals surface area (Å²) in [6, 6.07) is 0.139. The van der Waals surface area contributed by atoms with E-state index in [-0.39, 0.29) is 6.04 Å². The minimum absolute atomic E-state index is 0.139. The maximum atomic E-state index is 12.3. The lowest BCUT2D eigenvalue weighted by atomic mass is 10.2. The van der Waals surface area contributed by atoms with Gasteiger partial charge in [-0.2, -0.15) is 0 Å². The second-order valence-electron chi connectivity index (χ2n) is 6.98. The molecule has 1 rings (SSSR count). The monoisotopic (exact) mass is 355 g/mol. The van der Waals surface area contributed by atoms with Crippen LogP contribution in [0.25, 0.3) is 0 Å². The molecule has 0 N–H and O–H groups in total. The van der Waals surface area contributed by atoms with Gasteiger partial charge in [0.2, 0.25) is 20.0 Å². The summed E-state index contributed by atoms with van der Waals surface area (Å²) in [6.45, 7) is 7.03. The first-order valence-electron chi connectivity index (χ1n) is 7.38. The molecule has 1 atom stereocenters. The highest BCUT2D eigenvalue weighted by Gasteiger charge is 2.34. The van der Waals surface area contributed by atoms with Gasteiger partial charge in [0.05, 0.1) is 11.0 Å². The van der Waals surface area contributed by atoms with Gasteiger partial charge in [-0.1, -0.05) is 0 Å². The third kappa shape index (κ3) is 4.64. The summed E-state index contributed by atoms with van der Waals surface area (Å²) in [5, 5.41) is 0. The van der Waals surface area contributed by atoms with E-state index in [1.165, 1.54) is 14.9 Å². The Kier molecular flexibility index (Phi) is 6.06. The highest BCUT2D eigenvalue weighted by Crippen LogP contribution is 2.20. The molecule has 0 aromatic carbocycles. The zero-order valence-electron chi connectivity index (χ0n) is 14.4. The summed E-state index contributed by atoms with van der Waals surface area (Å²) in [5.41, 5.74) is 0. The van der Waals surface area contributed by atoms with Gasteiger partial charge in [0, 0.05) is 39.3 Å². The van der Waals surface area contributed by atoms with Crippen LogP contribution in [0.15, 0.2) is 0 Å². The van der Waals surface area contributed by atoms with Crippen molar-refractivity contribution in [3.63, 3.8) is 0 Å². The molecule has 1 aliphatic rings. The van der Waals surface area contributed by atoms with Crippen LogP contribution in [0.3, 0.4) is 0 Å². The van der Waals surface area contributed by atoms with Gasteiger partial charge in [0.25, 0.3) is 0 Å². The predicted molar refractivity (Wildman–Crippen MR) is 88.8 cm³/mol. The minimum Gasteiger partial charge on any atom is -0.301 e. The molecule has 0 spiro atoms. The van der Waals surface area contributed by atoms with Gasteiger partial charge in [-0.3, -0.25) is 0 Å². The summed E-state index contributed by atoms with van der Waals surface area (Å²) in [6.07, 6.45) is 2.00. The molecule has 0 aliphatic carbocycles. The minimum atomic E-state index is -3.33. The first kappa shape index (κ1) is 19.8. The molecule has 132 valence electrons. The highest BCUT2D eigenvalue weighted by atomic mass is 32.2. The zero-order chi connectivity index (χ0) is 17.3. The van der Waals surface area contributed by atoms with Crippen molar-refractivity contribution in [1.82, 2.24) is 13.5 Å². The number of likely N-dealkylation sites (N-methyl/N-ethyl adjacent to an activating group) is 2. The van der Waals surface area contributed by atoms with Gasteiger partial charge in [-0.25, -0.2) is 25.4 Å². The van der Waals surface area contributed by atoms with Crippen LogP contribution in [0.5, 0.6) is 0 Å². The van der Waals surface area contributed by atoms with Crippen LogP contribution in [0.1, 0.15) is 27.2 Å². The van der Waals surface area contributed by atoms with E-state index >= 15 is 0 Å². The lowest BCUT2D eigenvalue weighted by Gasteiger charge is -2.30. The second-order valence-corrected chi connectivity index (χ2v) is 11.8. The van der Waals surface area contributed by atoms with Crippen LogP contribution < -0.4 is 0 Å². The third-order valence-corrected chi connectivity index (χ3v) is 7.99. The number of hydrogen-bond donors (Lipinski definition) is 0. The summed E-state index contributed by atoms with van der Waals surface area (Å²) in [5.74, 6) is 0. The fraction of sp³-hybridized carbons (Fsp3) is 1.00. The van der Waals surface area contributed by atoms with Gasteiger partial charge < -0.3 is 4.90 Å². The average molecular weight is 356 g/mol. The standard InChI is InChI=1S/C13H29N3O4S2/c1-13(2,3)22(19,20)15(5)10-9-14(4)12-7-8-16(11-12)21(6,17)18/h12H,7-11H2,1-6H3/t12-/m1/s1. The lowest BCUT2D eigenvalue weighted by molar-refractivity contribution is 0.236. The number of rotatable bonds is 6. The summed E-state index contributed by atoms with van der Waals surface area (Å²) < 4.78 is 49.7. The van der Waals surface area contributed by atoms with Gasteiger partial charge in [-0.05, 0) is 34.2 Å². The van der Waals surface area contributed by atoms with Crippen molar-refractivity contribution in [2.24, 2.45) is 0 Å². The molecular formula is C13H29N3O4S2. The first-order valence-corrected chi connectivity index (χ1v) is 10.7. The van der Waals surface area contributed by atoms with Crippen LogP contribution >= 0.6 is 0 Å². The van der Waals surface area contributed by atoms with Crippen molar-refractivity contribution >= 4 is 20.0 Å². The Hall–Kier alpha value is -0.220. The summed E-state index contributed by atoms with van der Waals surface area (Å²) >= 11 is 0. The van der Waals surface area contributed by atoms with Crippen molar-refractivity contribution < 1.29 is 16.8 Å². The Morgan fingerprint density at radius 3 is 2.05 bits per heavy atom. The molecule has 0 bridgehead atoms. The van der Waals surface area contributed by atoms with E-state index in [0.717, 1.165) is 6.42 Å². The summed E-state index contributed by atoms with van der Waals surface area (Å²) in [7, 11) is -2.97. The maximum absolute atomic E-state index is 12.3. The Morgan fingerprint density at radius 2 is 1.64 bits per heavy atom. The normalized spacial score (nSPS) is 21.9. The molecule has 0 aromatic heterocycles. The van der Waals surface area contributed by atoms with E-state index in [0.29, 0.717) is 26.2 Å². The molecule has 9 heteroatoms. The third-order valence-electron chi connectivity index (χ3n) is 4.17. The van der Waals surface area contributed by atoms with E-state index in [1.807, 2.05) is 11.9 Å². The Balaban J connectivity index is 2.56. The van der Waals surface area contributed by atoms with Gasteiger partial charge in [-0.15, -0.1) is 0 Å². The average Bonchev–Trinajstić information content (AvgIpc) is 2.83. The van der Waals surface area contributed by atoms with Crippen LogP contribution in [-0.2, 0) is 20.0 Å². The Labute approximate surface area is 135 Å². The van der Waals surface area contributed by atoms with Crippen LogP contribution in [0.2, 0.25) is 0 Å². The van der Waals surface area contributed by atoms with Crippen molar-refractivity contribution in [3.8, 4) is 0 Å². The number of hydrogen-bond acceptors (Lipinski definition) is 5.